The Morgan fingerprint density at radius 3 is 2.64 bits per heavy atom. The Morgan fingerprint density at radius 1 is 1.32 bits per heavy atom. The van der Waals surface area contributed by atoms with E-state index < -0.39 is 0 Å². The molecule has 0 amide bonds. The lowest BCUT2D eigenvalue weighted by molar-refractivity contribution is 0.199. The first-order valence-corrected chi connectivity index (χ1v) is 9.30. The summed E-state index contributed by atoms with van der Waals surface area (Å²) < 4.78 is 21.1. The third-order valence-corrected chi connectivity index (χ3v) is 4.60. The van der Waals surface area contributed by atoms with Crippen molar-refractivity contribution >= 4 is 29.9 Å². The number of aromatic nitrogens is 2. The molecule has 156 valence electrons. The molecule has 1 aromatic carbocycles. The number of benzene rings is 1. The van der Waals surface area contributed by atoms with Gasteiger partial charge in [0.15, 0.2) is 5.96 Å². The maximum atomic E-state index is 13.3. The second kappa shape index (κ2) is 11.9. The highest BCUT2D eigenvalue weighted by Crippen LogP contribution is 2.15. The molecule has 8 heteroatoms. The van der Waals surface area contributed by atoms with Gasteiger partial charge in [-0.15, -0.1) is 24.0 Å². The van der Waals surface area contributed by atoms with Gasteiger partial charge in [-0.3, -0.25) is 9.67 Å². The van der Waals surface area contributed by atoms with Gasteiger partial charge in [0.1, 0.15) is 17.7 Å². The molecular weight excluding hydrogens is 472 g/mol. The topological polar surface area (TPSA) is 63.5 Å². The lowest BCUT2D eigenvalue weighted by Gasteiger charge is -2.20. The third-order valence-electron chi connectivity index (χ3n) is 4.60. The van der Waals surface area contributed by atoms with Gasteiger partial charge in [-0.25, -0.2) is 4.39 Å². The molecule has 2 N–H and O–H groups in total. The van der Waals surface area contributed by atoms with E-state index in [2.05, 4.69) is 27.6 Å². The van der Waals surface area contributed by atoms with Crippen LogP contribution in [0.1, 0.15) is 30.3 Å². The minimum absolute atomic E-state index is 0. The van der Waals surface area contributed by atoms with E-state index in [4.69, 9.17) is 4.74 Å². The van der Waals surface area contributed by atoms with Crippen LogP contribution in [0.2, 0.25) is 0 Å². The van der Waals surface area contributed by atoms with Crippen LogP contribution in [0.5, 0.6) is 5.75 Å². The molecule has 0 aliphatic heterocycles. The molecule has 2 aromatic rings. The number of hydrogen-bond donors (Lipinski definition) is 2. The summed E-state index contributed by atoms with van der Waals surface area (Å²) in [5.74, 6) is 0.957. The summed E-state index contributed by atoms with van der Waals surface area (Å²) in [6.07, 6.45) is 1.60. The second-order valence-electron chi connectivity index (χ2n) is 6.51. The van der Waals surface area contributed by atoms with E-state index in [1.165, 1.54) is 23.4 Å². The SMILES string of the molecule is CCC(CNC(=NC)NCCc1c(C)nn(C)c1C)Oc1cccc(F)c1.I. The Balaban J connectivity index is 0.00000392. The zero-order valence-electron chi connectivity index (χ0n) is 17.3. The van der Waals surface area contributed by atoms with E-state index in [1.54, 1.807) is 19.2 Å². The highest BCUT2D eigenvalue weighted by Gasteiger charge is 2.11. The van der Waals surface area contributed by atoms with Crippen molar-refractivity contribution in [3.8, 4) is 5.75 Å². The number of guanidine groups is 1. The Morgan fingerprint density at radius 2 is 2.07 bits per heavy atom. The predicted octanol–water partition coefficient (Wildman–Crippen LogP) is 3.36. The van der Waals surface area contributed by atoms with Gasteiger partial charge in [0.2, 0.25) is 0 Å². The van der Waals surface area contributed by atoms with Gasteiger partial charge >= 0.3 is 0 Å². The lowest BCUT2D eigenvalue weighted by atomic mass is 10.1. The van der Waals surface area contributed by atoms with Gasteiger partial charge in [-0.1, -0.05) is 13.0 Å². The summed E-state index contributed by atoms with van der Waals surface area (Å²) >= 11 is 0. The van der Waals surface area contributed by atoms with Crippen LogP contribution in [0.4, 0.5) is 4.39 Å². The number of nitrogens with one attached hydrogen (secondary N) is 2. The molecule has 0 aliphatic carbocycles. The second-order valence-corrected chi connectivity index (χ2v) is 6.51. The van der Waals surface area contributed by atoms with E-state index in [1.807, 2.05) is 25.6 Å². The number of rotatable bonds is 8. The van der Waals surface area contributed by atoms with Gasteiger partial charge in [-0.05, 0) is 44.4 Å². The first kappa shape index (κ1) is 24.2. The van der Waals surface area contributed by atoms with Gasteiger partial charge in [0.05, 0.1) is 12.2 Å². The van der Waals surface area contributed by atoms with Crippen molar-refractivity contribution in [1.29, 1.82) is 0 Å². The van der Waals surface area contributed by atoms with Gasteiger partial charge in [-0.2, -0.15) is 5.10 Å². The fourth-order valence-corrected chi connectivity index (χ4v) is 2.92. The number of aryl methyl sites for hydroxylation is 2. The molecule has 0 saturated heterocycles. The molecule has 0 saturated carbocycles. The van der Waals surface area contributed by atoms with Crippen molar-refractivity contribution in [2.45, 2.75) is 39.7 Å². The van der Waals surface area contributed by atoms with Gasteiger partial charge in [0, 0.05) is 32.4 Å². The summed E-state index contributed by atoms with van der Waals surface area (Å²) in [6, 6.07) is 6.21. The van der Waals surface area contributed by atoms with Crippen LogP contribution in [0.15, 0.2) is 29.3 Å². The zero-order valence-corrected chi connectivity index (χ0v) is 19.6. The van der Waals surface area contributed by atoms with Crippen LogP contribution < -0.4 is 15.4 Å². The van der Waals surface area contributed by atoms with E-state index >= 15 is 0 Å². The Labute approximate surface area is 184 Å². The van der Waals surface area contributed by atoms with E-state index in [0.29, 0.717) is 12.3 Å². The molecule has 1 unspecified atom stereocenters. The summed E-state index contributed by atoms with van der Waals surface area (Å²) in [5, 5.41) is 11.0. The predicted molar refractivity (Wildman–Crippen MR) is 122 cm³/mol. The molecule has 0 aliphatic rings. The van der Waals surface area contributed by atoms with Gasteiger partial charge in [0.25, 0.3) is 0 Å². The number of hydrogen-bond acceptors (Lipinski definition) is 3. The number of ether oxygens (including phenoxy) is 1. The van der Waals surface area contributed by atoms with Crippen molar-refractivity contribution in [3.05, 3.63) is 47.0 Å². The van der Waals surface area contributed by atoms with Gasteiger partial charge < -0.3 is 15.4 Å². The summed E-state index contributed by atoms with van der Waals surface area (Å²) in [5.41, 5.74) is 3.52. The zero-order chi connectivity index (χ0) is 19.8. The number of nitrogens with zero attached hydrogens (tertiary/aromatic N) is 3. The molecule has 0 bridgehead atoms. The Hall–Kier alpha value is -1.84. The monoisotopic (exact) mass is 503 g/mol. The third kappa shape index (κ3) is 6.96. The van der Waals surface area contributed by atoms with Crippen LogP contribution in [0.3, 0.4) is 0 Å². The van der Waals surface area contributed by atoms with Crippen LogP contribution in [0, 0.1) is 19.7 Å². The van der Waals surface area contributed by atoms with Crippen molar-refractivity contribution < 1.29 is 9.13 Å². The Kier molecular flexibility index (Phi) is 10.3. The molecule has 1 heterocycles. The van der Waals surface area contributed by atoms with Crippen molar-refractivity contribution in [2.75, 3.05) is 20.1 Å². The van der Waals surface area contributed by atoms with Crippen LogP contribution in [-0.4, -0.2) is 42.0 Å². The fourth-order valence-electron chi connectivity index (χ4n) is 2.92. The lowest BCUT2D eigenvalue weighted by Crippen LogP contribution is -2.43. The average molecular weight is 503 g/mol. The molecule has 0 radical (unpaired) electrons. The highest BCUT2D eigenvalue weighted by atomic mass is 127. The Bertz CT molecular complexity index is 778. The average Bonchev–Trinajstić information content (AvgIpc) is 2.89. The first-order valence-electron chi connectivity index (χ1n) is 9.30. The minimum atomic E-state index is -0.297. The van der Waals surface area contributed by atoms with E-state index in [9.17, 15) is 4.39 Å². The minimum Gasteiger partial charge on any atom is -0.489 e. The van der Waals surface area contributed by atoms with Crippen LogP contribution in [0.25, 0.3) is 0 Å². The fraction of sp³-hybridized carbons (Fsp3) is 0.500. The first-order chi connectivity index (χ1) is 12.9. The molecule has 0 spiro atoms. The van der Waals surface area contributed by atoms with Crippen molar-refractivity contribution in [3.63, 3.8) is 0 Å². The maximum Gasteiger partial charge on any atom is 0.191 e. The van der Waals surface area contributed by atoms with Crippen LogP contribution in [-0.2, 0) is 13.5 Å². The molecule has 0 fully saturated rings. The smallest absolute Gasteiger partial charge is 0.191 e. The standard InChI is InChI=1S/C20H30FN5O.HI/c1-6-17(27-18-9-7-8-16(21)12-18)13-24-20(22-4)23-11-10-19-14(2)25-26(5)15(19)3;/h7-9,12,17H,6,10-11,13H2,1-5H3,(H2,22,23,24);1H. The molecule has 28 heavy (non-hydrogen) atoms. The van der Waals surface area contributed by atoms with E-state index in [0.717, 1.165) is 31.0 Å². The number of aliphatic imine (C=N–C) groups is 1. The highest BCUT2D eigenvalue weighted by molar-refractivity contribution is 14.0. The molecule has 2 rings (SSSR count). The van der Waals surface area contributed by atoms with Crippen molar-refractivity contribution in [1.82, 2.24) is 20.4 Å². The van der Waals surface area contributed by atoms with Crippen LogP contribution >= 0.6 is 24.0 Å². The molecular formula is C20H31FIN5O. The largest absolute Gasteiger partial charge is 0.489 e. The number of halogens is 2. The summed E-state index contributed by atoms with van der Waals surface area (Å²) in [7, 11) is 3.70. The molecule has 1 aromatic heterocycles. The normalized spacial score (nSPS) is 12.3. The van der Waals surface area contributed by atoms with Crippen molar-refractivity contribution in [2.24, 2.45) is 12.0 Å². The maximum absolute atomic E-state index is 13.3. The summed E-state index contributed by atoms with van der Waals surface area (Å²) in [4.78, 5) is 4.25. The van der Waals surface area contributed by atoms with E-state index in [-0.39, 0.29) is 35.9 Å². The molecule has 6 nitrogen and oxygen atoms in total. The summed E-state index contributed by atoms with van der Waals surface area (Å²) in [6.45, 7) is 7.49. The quantitative estimate of drug-likeness (QED) is 0.330. The molecule has 1 atom stereocenters.